The first-order chi connectivity index (χ1) is 8.29. The van der Waals surface area contributed by atoms with Crippen molar-refractivity contribution in [3.05, 3.63) is 0 Å². The van der Waals surface area contributed by atoms with Crippen LogP contribution in [0.4, 0.5) is 0 Å². The summed E-state index contributed by atoms with van der Waals surface area (Å²) in [5.74, 6) is 0.679. The van der Waals surface area contributed by atoms with Gasteiger partial charge in [-0.15, -0.1) is 0 Å². The maximum absolute atomic E-state index is 12.1. The lowest BCUT2D eigenvalue weighted by atomic mass is 10.0. The number of rotatable bonds is 3. The van der Waals surface area contributed by atoms with Gasteiger partial charge in [0.05, 0.1) is 6.54 Å². The molecule has 98 valence electrons. The Morgan fingerprint density at radius 2 is 1.65 bits per heavy atom. The summed E-state index contributed by atoms with van der Waals surface area (Å²) in [6.45, 7) is 4.46. The minimum atomic E-state index is 0.258. The lowest BCUT2D eigenvalue weighted by Gasteiger charge is -2.39. The van der Waals surface area contributed by atoms with E-state index in [9.17, 15) is 4.79 Å². The summed E-state index contributed by atoms with van der Waals surface area (Å²) in [5, 5.41) is 8.93. The van der Waals surface area contributed by atoms with Crippen molar-refractivity contribution in [1.82, 2.24) is 9.80 Å². The van der Waals surface area contributed by atoms with Crippen LogP contribution >= 0.6 is 0 Å². The van der Waals surface area contributed by atoms with E-state index in [1.807, 2.05) is 4.90 Å². The first-order valence-electron chi connectivity index (χ1n) is 6.90. The zero-order chi connectivity index (χ0) is 12.1. The minimum absolute atomic E-state index is 0.258. The Hall–Kier alpha value is -0.610. The van der Waals surface area contributed by atoms with Crippen molar-refractivity contribution in [2.24, 2.45) is 5.92 Å². The smallest absolute Gasteiger partial charge is 0.236 e. The number of hydrogen-bond donors (Lipinski definition) is 1. The molecule has 0 bridgehead atoms. The maximum atomic E-state index is 12.1. The third kappa shape index (κ3) is 3.68. The number of carbonyl (C=O) groups is 1. The number of amides is 1. The van der Waals surface area contributed by atoms with Gasteiger partial charge in [0, 0.05) is 38.7 Å². The Labute approximate surface area is 104 Å². The van der Waals surface area contributed by atoms with E-state index in [0.717, 1.165) is 39.0 Å². The van der Waals surface area contributed by atoms with Gasteiger partial charge in [-0.3, -0.25) is 9.69 Å². The molecule has 1 amide bonds. The summed E-state index contributed by atoms with van der Waals surface area (Å²) in [7, 11) is 0. The van der Waals surface area contributed by atoms with Crippen LogP contribution in [0.15, 0.2) is 0 Å². The van der Waals surface area contributed by atoms with E-state index >= 15 is 0 Å². The Morgan fingerprint density at radius 1 is 1.06 bits per heavy atom. The molecule has 0 aromatic carbocycles. The molecule has 0 atom stereocenters. The van der Waals surface area contributed by atoms with Crippen LogP contribution in [0.1, 0.15) is 32.1 Å². The van der Waals surface area contributed by atoms with Crippen molar-refractivity contribution in [1.29, 1.82) is 0 Å². The number of aliphatic hydroxyl groups excluding tert-OH is 1. The molecule has 0 radical (unpaired) electrons. The van der Waals surface area contributed by atoms with Crippen LogP contribution in [0.2, 0.25) is 0 Å². The number of nitrogens with zero attached hydrogens (tertiary/aromatic N) is 2. The highest BCUT2D eigenvalue weighted by Crippen LogP contribution is 2.15. The van der Waals surface area contributed by atoms with Crippen molar-refractivity contribution in [2.45, 2.75) is 32.1 Å². The van der Waals surface area contributed by atoms with E-state index < -0.39 is 0 Å². The quantitative estimate of drug-likeness (QED) is 0.790. The van der Waals surface area contributed by atoms with Crippen LogP contribution in [0.25, 0.3) is 0 Å². The van der Waals surface area contributed by atoms with Gasteiger partial charge in [0.15, 0.2) is 0 Å². The second kappa shape index (κ2) is 6.36. The van der Waals surface area contributed by atoms with Crippen LogP contribution in [-0.2, 0) is 4.79 Å². The van der Waals surface area contributed by atoms with Gasteiger partial charge in [-0.1, -0.05) is 19.3 Å². The molecule has 0 aromatic rings. The molecule has 2 aliphatic heterocycles. The Balaban J connectivity index is 1.70. The fourth-order valence-electron chi connectivity index (χ4n) is 2.71. The molecule has 2 fully saturated rings. The summed E-state index contributed by atoms with van der Waals surface area (Å²) < 4.78 is 0. The molecule has 2 saturated heterocycles. The molecule has 0 spiro atoms. The number of carbonyl (C=O) groups excluding carboxylic acids is 1. The van der Waals surface area contributed by atoms with Crippen molar-refractivity contribution in [2.75, 3.05) is 39.3 Å². The highest BCUT2D eigenvalue weighted by Gasteiger charge is 2.28. The number of likely N-dealkylation sites (tertiary alicyclic amines) is 2. The zero-order valence-corrected chi connectivity index (χ0v) is 10.6. The zero-order valence-electron chi connectivity index (χ0n) is 10.6. The molecule has 0 saturated carbocycles. The highest BCUT2D eigenvalue weighted by molar-refractivity contribution is 5.78. The third-order valence-corrected chi connectivity index (χ3v) is 3.86. The second-order valence-corrected chi connectivity index (χ2v) is 5.39. The monoisotopic (exact) mass is 240 g/mol. The van der Waals surface area contributed by atoms with E-state index in [0.29, 0.717) is 12.5 Å². The predicted octanol–water partition coefficient (Wildman–Crippen LogP) is 0.703. The molecule has 2 heterocycles. The van der Waals surface area contributed by atoms with Gasteiger partial charge in [-0.25, -0.2) is 0 Å². The lowest BCUT2D eigenvalue weighted by molar-refractivity contribution is -0.134. The van der Waals surface area contributed by atoms with Crippen molar-refractivity contribution in [3.8, 4) is 0 Å². The summed E-state index contributed by atoms with van der Waals surface area (Å²) >= 11 is 0. The average Bonchev–Trinajstić information content (AvgIpc) is 2.21. The van der Waals surface area contributed by atoms with Crippen LogP contribution in [0, 0.1) is 5.92 Å². The van der Waals surface area contributed by atoms with Crippen LogP contribution < -0.4 is 0 Å². The molecule has 2 rings (SSSR count). The van der Waals surface area contributed by atoms with E-state index in [2.05, 4.69) is 4.90 Å². The van der Waals surface area contributed by atoms with Gasteiger partial charge in [0.1, 0.15) is 0 Å². The van der Waals surface area contributed by atoms with Crippen molar-refractivity contribution >= 4 is 5.91 Å². The van der Waals surface area contributed by atoms with Crippen LogP contribution in [-0.4, -0.2) is 60.1 Å². The topological polar surface area (TPSA) is 43.8 Å². The molecule has 1 N–H and O–H groups in total. The van der Waals surface area contributed by atoms with Gasteiger partial charge in [-0.2, -0.15) is 0 Å². The Morgan fingerprint density at radius 3 is 2.24 bits per heavy atom. The maximum Gasteiger partial charge on any atom is 0.236 e. The predicted molar refractivity (Wildman–Crippen MR) is 66.7 cm³/mol. The SMILES string of the molecule is O=C(CN1CC(CO)C1)N1CCCCCCC1. The first kappa shape index (κ1) is 12.8. The third-order valence-electron chi connectivity index (χ3n) is 3.86. The van der Waals surface area contributed by atoms with Crippen molar-refractivity contribution < 1.29 is 9.90 Å². The van der Waals surface area contributed by atoms with E-state index in [4.69, 9.17) is 5.11 Å². The van der Waals surface area contributed by atoms with Gasteiger partial charge in [0.25, 0.3) is 0 Å². The van der Waals surface area contributed by atoms with E-state index in [-0.39, 0.29) is 12.5 Å². The van der Waals surface area contributed by atoms with Crippen LogP contribution in [0.5, 0.6) is 0 Å². The van der Waals surface area contributed by atoms with E-state index in [1.54, 1.807) is 0 Å². The largest absolute Gasteiger partial charge is 0.396 e. The first-order valence-corrected chi connectivity index (χ1v) is 6.90. The summed E-state index contributed by atoms with van der Waals surface area (Å²) in [6, 6.07) is 0. The lowest BCUT2D eigenvalue weighted by Crippen LogP contribution is -2.52. The normalized spacial score (nSPS) is 23.9. The van der Waals surface area contributed by atoms with Gasteiger partial charge in [-0.05, 0) is 12.8 Å². The highest BCUT2D eigenvalue weighted by atomic mass is 16.3. The average molecular weight is 240 g/mol. The fraction of sp³-hybridized carbons (Fsp3) is 0.923. The molecular formula is C13H24N2O2. The Kier molecular flexibility index (Phi) is 4.80. The molecule has 17 heavy (non-hydrogen) atoms. The van der Waals surface area contributed by atoms with E-state index in [1.165, 1.54) is 19.3 Å². The van der Waals surface area contributed by atoms with Crippen molar-refractivity contribution in [3.63, 3.8) is 0 Å². The van der Waals surface area contributed by atoms with Gasteiger partial charge in [0.2, 0.25) is 5.91 Å². The molecule has 4 heteroatoms. The molecule has 4 nitrogen and oxygen atoms in total. The second-order valence-electron chi connectivity index (χ2n) is 5.39. The van der Waals surface area contributed by atoms with Gasteiger partial charge < -0.3 is 10.0 Å². The molecular weight excluding hydrogens is 216 g/mol. The molecule has 0 aliphatic carbocycles. The summed E-state index contributed by atoms with van der Waals surface area (Å²) in [6.07, 6.45) is 6.17. The molecule has 0 aromatic heterocycles. The minimum Gasteiger partial charge on any atom is -0.396 e. The summed E-state index contributed by atoms with van der Waals surface area (Å²) in [4.78, 5) is 16.3. The summed E-state index contributed by atoms with van der Waals surface area (Å²) in [5.41, 5.74) is 0. The molecule has 0 unspecified atom stereocenters. The fourth-order valence-corrected chi connectivity index (χ4v) is 2.71. The number of hydrogen-bond acceptors (Lipinski definition) is 3. The standard InChI is InChI=1S/C13H24N2O2/c16-11-12-8-14(9-12)10-13(17)15-6-4-2-1-3-5-7-15/h12,16H,1-11H2. The molecule has 2 aliphatic rings. The van der Waals surface area contributed by atoms with Gasteiger partial charge >= 0.3 is 0 Å². The number of aliphatic hydroxyl groups is 1. The Bertz CT molecular complexity index is 244. The van der Waals surface area contributed by atoms with Crippen LogP contribution in [0.3, 0.4) is 0 Å².